The third-order valence-electron chi connectivity index (χ3n) is 4.97. The summed E-state index contributed by atoms with van der Waals surface area (Å²) in [6, 6.07) is 9.86. The molecule has 0 aromatic heterocycles. The van der Waals surface area contributed by atoms with Gasteiger partial charge in [-0.2, -0.15) is 18.4 Å². The summed E-state index contributed by atoms with van der Waals surface area (Å²) in [4.78, 5) is 23.4. The first-order valence-electron chi connectivity index (χ1n) is 8.70. The highest BCUT2D eigenvalue weighted by molar-refractivity contribution is 8.15. The summed E-state index contributed by atoms with van der Waals surface area (Å²) in [5, 5.41) is 10.5. The normalized spacial score (nSPS) is 20.9. The van der Waals surface area contributed by atoms with Crippen molar-refractivity contribution < 1.29 is 27.5 Å². The molecule has 1 aliphatic heterocycles. The Balaban J connectivity index is 1.56. The smallest absolute Gasteiger partial charge is 0.417 e. The van der Waals surface area contributed by atoms with Crippen LogP contribution in [0.15, 0.2) is 36.4 Å². The molecule has 0 saturated carbocycles. The van der Waals surface area contributed by atoms with E-state index in [-0.39, 0.29) is 22.8 Å². The number of aryl methyl sites for hydroxylation is 1. The van der Waals surface area contributed by atoms with E-state index < -0.39 is 22.6 Å². The van der Waals surface area contributed by atoms with Gasteiger partial charge in [0.1, 0.15) is 16.7 Å². The van der Waals surface area contributed by atoms with Crippen LogP contribution in [0.2, 0.25) is 0 Å². The molecule has 1 heterocycles. The molecule has 9 heteroatoms. The van der Waals surface area contributed by atoms with Gasteiger partial charge in [0.25, 0.3) is 5.24 Å². The summed E-state index contributed by atoms with van der Waals surface area (Å²) in [7, 11) is 0. The summed E-state index contributed by atoms with van der Waals surface area (Å²) in [6.07, 6.45) is -3.19. The molecule has 1 aliphatic carbocycles. The summed E-state index contributed by atoms with van der Waals surface area (Å²) >= 11 is 0.995. The molecule has 0 radical (unpaired) electrons. The first-order valence-corrected chi connectivity index (χ1v) is 9.58. The average Bonchev–Trinajstić information content (AvgIpc) is 3.22. The molecule has 0 spiro atoms. The van der Waals surface area contributed by atoms with Crippen LogP contribution < -0.4 is 10.1 Å². The number of hydrogen-bond donors (Lipinski definition) is 1. The number of nitrogens with zero attached hydrogens (tertiary/aromatic N) is 1. The van der Waals surface area contributed by atoms with Gasteiger partial charge in [-0.15, -0.1) is 0 Å². The maximum absolute atomic E-state index is 12.9. The van der Waals surface area contributed by atoms with Gasteiger partial charge in [0.15, 0.2) is 0 Å². The van der Waals surface area contributed by atoms with Crippen molar-refractivity contribution in [1.29, 1.82) is 5.26 Å². The number of thioether (sulfide) groups is 1. The number of imide groups is 1. The monoisotopic (exact) mass is 418 g/mol. The minimum Gasteiger partial charge on any atom is -0.457 e. The SMILES string of the molecule is N#Cc1cc(Oc2ccc3c(c2)CC[C@H]3C2SC(=O)NC2=O)ccc1C(F)(F)F. The second-order valence-corrected chi connectivity index (χ2v) is 7.85. The highest BCUT2D eigenvalue weighted by Crippen LogP contribution is 2.43. The Morgan fingerprint density at radius 3 is 2.52 bits per heavy atom. The van der Waals surface area contributed by atoms with Crippen LogP contribution >= 0.6 is 11.8 Å². The van der Waals surface area contributed by atoms with Gasteiger partial charge < -0.3 is 4.74 Å². The van der Waals surface area contributed by atoms with E-state index in [1.165, 1.54) is 6.07 Å². The molecule has 1 N–H and O–H groups in total. The number of nitrogens with one attached hydrogen (secondary N) is 1. The number of nitriles is 1. The maximum atomic E-state index is 12.9. The number of alkyl halides is 3. The molecule has 2 aliphatic rings. The lowest BCUT2D eigenvalue weighted by Gasteiger charge is -2.16. The van der Waals surface area contributed by atoms with Crippen molar-refractivity contribution in [3.63, 3.8) is 0 Å². The molecule has 1 saturated heterocycles. The summed E-state index contributed by atoms with van der Waals surface area (Å²) in [5.74, 6) is 0.187. The number of amides is 2. The van der Waals surface area contributed by atoms with Gasteiger partial charge in [0.05, 0.1) is 17.2 Å². The predicted octanol–water partition coefficient (Wildman–Crippen LogP) is 4.75. The van der Waals surface area contributed by atoms with Crippen LogP contribution in [0.1, 0.15) is 34.6 Å². The molecule has 1 unspecified atom stereocenters. The molecule has 29 heavy (non-hydrogen) atoms. The minimum absolute atomic E-state index is 0.0771. The quantitative estimate of drug-likeness (QED) is 0.778. The lowest BCUT2D eigenvalue weighted by atomic mass is 9.97. The second-order valence-electron chi connectivity index (χ2n) is 6.74. The van der Waals surface area contributed by atoms with Gasteiger partial charge in [0.2, 0.25) is 5.91 Å². The van der Waals surface area contributed by atoms with Crippen molar-refractivity contribution in [2.24, 2.45) is 0 Å². The number of halogens is 3. The van der Waals surface area contributed by atoms with Gasteiger partial charge in [-0.3, -0.25) is 14.9 Å². The Morgan fingerprint density at radius 2 is 1.86 bits per heavy atom. The molecule has 4 rings (SSSR count). The molecule has 2 aromatic carbocycles. The van der Waals surface area contributed by atoms with Crippen molar-refractivity contribution in [3.8, 4) is 17.6 Å². The molecule has 148 valence electrons. The zero-order valence-corrected chi connectivity index (χ0v) is 15.6. The molecule has 2 amide bonds. The number of benzene rings is 2. The van der Waals surface area contributed by atoms with E-state index in [9.17, 15) is 22.8 Å². The van der Waals surface area contributed by atoms with E-state index in [4.69, 9.17) is 10.00 Å². The Labute approximate surface area is 167 Å². The molecule has 2 atom stereocenters. The van der Waals surface area contributed by atoms with Crippen LogP contribution in [-0.2, 0) is 17.4 Å². The zero-order chi connectivity index (χ0) is 20.8. The average molecular weight is 418 g/mol. The molecule has 2 aromatic rings. The fourth-order valence-electron chi connectivity index (χ4n) is 3.70. The van der Waals surface area contributed by atoms with E-state index in [1.807, 2.05) is 6.07 Å². The van der Waals surface area contributed by atoms with Gasteiger partial charge in [-0.25, -0.2) is 0 Å². The number of fused-ring (bicyclic) bond motifs is 1. The lowest BCUT2D eigenvalue weighted by Crippen LogP contribution is -2.27. The molecule has 5 nitrogen and oxygen atoms in total. The first kappa shape index (κ1) is 19.3. The van der Waals surface area contributed by atoms with Crippen molar-refractivity contribution >= 4 is 22.9 Å². The van der Waals surface area contributed by atoms with Gasteiger partial charge in [-0.1, -0.05) is 17.8 Å². The third kappa shape index (κ3) is 3.68. The summed E-state index contributed by atoms with van der Waals surface area (Å²) < 4.78 is 44.4. The van der Waals surface area contributed by atoms with Crippen LogP contribution in [-0.4, -0.2) is 16.4 Å². The largest absolute Gasteiger partial charge is 0.457 e. The zero-order valence-electron chi connectivity index (χ0n) is 14.7. The van der Waals surface area contributed by atoms with Gasteiger partial charge in [-0.05, 0) is 54.3 Å². The standard InChI is InChI=1S/C20H13F3N2O3S/c21-20(22,23)16-6-3-13(8-11(16)9-24)28-12-2-5-14-10(7-12)1-4-15(14)17-18(26)25-19(27)29-17/h2-3,5-8,15,17H,1,4H2,(H,25,26,27)/t15-,17?/m1/s1. The van der Waals surface area contributed by atoms with Crippen molar-refractivity contribution in [2.75, 3.05) is 0 Å². The number of ether oxygens (including phenoxy) is 1. The highest BCUT2D eigenvalue weighted by Gasteiger charge is 2.41. The van der Waals surface area contributed by atoms with Gasteiger partial charge in [0, 0.05) is 5.92 Å². The highest BCUT2D eigenvalue weighted by atomic mass is 32.2. The van der Waals surface area contributed by atoms with Crippen LogP contribution in [0.25, 0.3) is 0 Å². The number of carbonyl (C=O) groups is 2. The van der Waals surface area contributed by atoms with Crippen molar-refractivity contribution in [1.82, 2.24) is 5.32 Å². The van der Waals surface area contributed by atoms with E-state index in [0.717, 1.165) is 41.4 Å². The Hall–Kier alpha value is -2.99. The van der Waals surface area contributed by atoms with E-state index in [2.05, 4.69) is 5.32 Å². The van der Waals surface area contributed by atoms with Crippen LogP contribution in [0.4, 0.5) is 18.0 Å². The van der Waals surface area contributed by atoms with E-state index >= 15 is 0 Å². The number of hydrogen-bond acceptors (Lipinski definition) is 5. The summed E-state index contributed by atoms with van der Waals surface area (Å²) in [6.45, 7) is 0. The fourth-order valence-corrected chi connectivity index (χ4v) is 4.71. The molecule has 1 fully saturated rings. The second kappa shape index (κ2) is 7.12. The maximum Gasteiger partial charge on any atom is 0.417 e. The predicted molar refractivity (Wildman–Crippen MR) is 98.7 cm³/mol. The van der Waals surface area contributed by atoms with Crippen molar-refractivity contribution in [3.05, 3.63) is 58.7 Å². The number of rotatable bonds is 3. The topological polar surface area (TPSA) is 79.2 Å². The minimum atomic E-state index is -4.61. The molecule has 0 bridgehead atoms. The van der Waals surface area contributed by atoms with Crippen molar-refractivity contribution in [2.45, 2.75) is 30.2 Å². The number of carbonyl (C=O) groups excluding carboxylic acids is 2. The van der Waals surface area contributed by atoms with Crippen LogP contribution in [0.3, 0.4) is 0 Å². The van der Waals surface area contributed by atoms with E-state index in [1.54, 1.807) is 18.2 Å². The van der Waals surface area contributed by atoms with Crippen LogP contribution in [0, 0.1) is 11.3 Å². The Morgan fingerprint density at radius 1 is 1.14 bits per heavy atom. The fraction of sp³-hybridized carbons (Fsp3) is 0.250. The molecular weight excluding hydrogens is 405 g/mol. The van der Waals surface area contributed by atoms with Crippen LogP contribution in [0.5, 0.6) is 11.5 Å². The Kier molecular flexibility index (Phi) is 4.74. The van der Waals surface area contributed by atoms with E-state index in [0.29, 0.717) is 12.2 Å². The Bertz CT molecular complexity index is 1060. The lowest BCUT2D eigenvalue weighted by molar-refractivity contribution is -0.137. The van der Waals surface area contributed by atoms with Gasteiger partial charge >= 0.3 is 6.18 Å². The molecular formula is C20H13F3N2O3S. The third-order valence-corrected chi connectivity index (χ3v) is 6.09. The summed E-state index contributed by atoms with van der Waals surface area (Å²) in [5.41, 5.74) is 0.411. The first-order chi connectivity index (χ1) is 13.8.